The molecule has 0 amide bonds. The van der Waals surface area contributed by atoms with Gasteiger partial charge in [0.25, 0.3) is 0 Å². The summed E-state index contributed by atoms with van der Waals surface area (Å²) in [5, 5.41) is 38.8. The van der Waals surface area contributed by atoms with E-state index in [1.54, 1.807) is 13.0 Å². The molecule has 2 aromatic rings. The fourth-order valence-corrected chi connectivity index (χ4v) is 3.86. The molecule has 1 heterocycles. The van der Waals surface area contributed by atoms with Crippen LogP contribution in [0.5, 0.6) is 0 Å². The number of nitro groups is 1. The third-order valence-corrected chi connectivity index (χ3v) is 5.98. The number of thiophene rings is 1. The van der Waals surface area contributed by atoms with E-state index in [0.717, 1.165) is 28.7 Å². The van der Waals surface area contributed by atoms with Crippen molar-refractivity contribution in [3.63, 3.8) is 0 Å². The maximum atomic E-state index is 12.2. The van der Waals surface area contributed by atoms with Crippen LogP contribution in [-0.2, 0) is 14.2 Å². The van der Waals surface area contributed by atoms with E-state index in [9.17, 15) is 25.1 Å². The van der Waals surface area contributed by atoms with Gasteiger partial charge >= 0.3 is 11.0 Å². The number of carbonyl (C=O) groups excluding carboxylic acids is 1. The number of rotatable bonds is 14. The first-order valence-electron chi connectivity index (χ1n) is 10.8. The van der Waals surface area contributed by atoms with E-state index in [2.05, 4.69) is 10.2 Å². The van der Waals surface area contributed by atoms with E-state index in [0.29, 0.717) is 31.6 Å². The number of aliphatic hydroxyl groups is 2. The van der Waals surface area contributed by atoms with Gasteiger partial charge in [-0.15, -0.1) is 10.2 Å². The molecule has 0 aliphatic carbocycles. The highest BCUT2D eigenvalue weighted by molar-refractivity contribution is 7.19. The van der Waals surface area contributed by atoms with Crippen molar-refractivity contribution in [2.45, 2.75) is 39.3 Å². The topological polar surface area (TPSA) is 156 Å². The molecule has 0 aliphatic rings. The Balaban J connectivity index is 2.27. The standard InChI is InChI=1S/C22H30N4O8S/c1-5-34-22(29)16-13-18(26(30)31)35-21(16)24-23-17-7-6-15(12-14(17)2)25(10-8-19(27)32-3)11-9-20(28)33-4/h6-7,12-13,19-20,27-28H,5,8-11H2,1-4H3. The second-order valence-electron chi connectivity index (χ2n) is 7.40. The van der Waals surface area contributed by atoms with Gasteiger partial charge in [0, 0.05) is 51.9 Å². The summed E-state index contributed by atoms with van der Waals surface area (Å²) in [6, 6.07) is 6.54. The SMILES string of the molecule is CCOC(=O)c1cc([N+](=O)[O-])sc1N=Nc1ccc(N(CCC(O)OC)CCC(O)OC)cc1C. The Morgan fingerprint density at radius 2 is 1.77 bits per heavy atom. The largest absolute Gasteiger partial charge is 0.462 e. The molecule has 2 N–H and O–H groups in total. The van der Waals surface area contributed by atoms with Gasteiger partial charge in [0.1, 0.15) is 5.56 Å². The van der Waals surface area contributed by atoms with E-state index in [-0.39, 0.29) is 22.2 Å². The minimum Gasteiger partial charge on any atom is -0.462 e. The zero-order valence-electron chi connectivity index (χ0n) is 20.0. The molecule has 0 radical (unpaired) electrons. The average Bonchev–Trinajstić information content (AvgIpc) is 3.27. The van der Waals surface area contributed by atoms with Crippen molar-refractivity contribution in [2.75, 3.05) is 38.8 Å². The smallest absolute Gasteiger partial charge is 0.341 e. The molecule has 12 nitrogen and oxygen atoms in total. The van der Waals surface area contributed by atoms with E-state index in [1.165, 1.54) is 14.2 Å². The highest BCUT2D eigenvalue weighted by Crippen LogP contribution is 2.38. The van der Waals surface area contributed by atoms with E-state index >= 15 is 0 Å². The van der Waals surface area contributed by atoms with Gasteiger partial charge in [0.15, 0.2) is 17.6 Å². The Hall–Kier alpha value is -2.97. The average molecular weight is 511 g/mol. The van der Waals surface area contributed by atoms with Gasteiger partial charge in [0.2, 0.25) is 0 Å². The van der Waals surface area contributed by atoms with E-state index in [1.807, 2.05) is 24.0 Å². The molecule has 13 heteroatoms. The Kier molecular flexibility index (Phi) is 11.1. The van der Waals surface area contributed by atoms with Gasteiger partial charge in [-0.2, -0.15) is 0 Å². The molecule has 0 spiro atoms. The molecule has 2 atom stereocenters. The van der Waals surface area contributed by atoms with Crippen molar-refractivity contribution in [3.8, 4) is 0 Å². The lowest BCUT2D eigenvalue weighted by Crippen LogP contribution is -2.31. The lowest BCUT2D eigenvalue weighted by molar-refractivity contribution is -0.380. The van der Waals surface area contributed by atoms with Crippen molar-refractivity contribution in [2.24, 2.45) is 10.2 Å². The van der Waals surface area contributed by atoms with Crippen molar-refractivity contribution < 1.29 is 34.1 Å². The number of aryl methyl sites for hydroxylation is 1. The Labute approximate surface area is 206 Å². The fourth-order valence-electron chi connectivity index (χ4n) is 3.07. The molecule has 0 saturated carbocycles. The number of hydrogen-bond acceptors (Lipinski definition) is 12. The molecular weight excluding hydrogens is 480 g/mol. The fraction of sp³-hybridized carbons (Fsp3) is 0.500. The summed E-state index contributed by atoms with van der Waals surface area (Å²) in [4.78, 5) is 24.7. The summed E-state index contributed by atoms with van der Waals surface area (Å²) < 4.78 is 14.8. The molecule has 1 aromatic carbocycles. The number of esters is 1. The first-order valence-corrected chi connectivity index (χ1v) is 11.7. The van der Waals surface area contributed by atoms with Crippen LogP contribution in [0.1, 0.15) is 35.7 Å². The van der Waals surface area contributed by atoms with E-state index < -0.39 is 23.5 Å². The lowest BCUT2D eigenvalue weighted by Gasteiger charge is -2.27. The zero-order valence-corrected chi connectivity index (χ0v) is 20.9. The number of nitrogens with zero attached hydrogens (tertiary/aromatic N) is 4. The van der Waals surface area contributed by atoms with Gasteiger partial charge < -0.3 is 29.3 Å². The van der Waals surface area contributed by atoms with Gasteiger partial charge in [-0.1, -0.05) is 0 Å². The van der Waals surface area contributed by atoms with Crippen LogP contribution in [0.4, 0.5) is 21.4 Å². The lowest BCUT2D eigenvalue weighted by atomic mass is 10.1. The number of benzene rings is 1. The predicted octanol–water partition coefficient (Wildman–Crippen LogP) is 4.07. The summed E-state index contributed by atoms with van der Waals surface area (Å²) in [7, 11) is 2.84. The number of aliphatic hydroxyl groups excluding tert-OH is 2. The maximum absolute atomic E-state index is 12.2. The molecular formula is C22H30N4O8S. The van der Waals surface area contributed by atoms with Crippen LogP contribution < -0.4 is 4.90 Å². The molecule has 0 aliphatic heterocycles. The maximum Gasteiger partial charge on any atom is 0.341 e. The minimum atomic E-state index is -0.914. The van der Waals surface area contributed by atoms with E-state index in [4.69, 9.17) is 14.2 Å². The molecule has 0 bridgehead atoms. The van der Waals surface area contributed by atoms with Gasteiger partial charge in [-0.3, -0.25) is 10.1 Å². The first-order chi connectivity index (χ1) is 16.7. The number of anilines is 1. The van der Waals surface area contributed by atoms with Crippen LogP contribution in [0.2, 0.25) is 0 Å². The van der Waals surface area contributed by atoms with Crippen molar-refractivity contribution in [1.29, 1.82) is 0 Å². The summed E-state index contributed by atoms with van der Waals surface area (Å²) in [6.07, 6.45) is -1.12. The predicted molar refractivity (Wildman–Crippen MR) is 130 cm³/mol. The van der Waals surface area contributed by atoms with Gasteiger partial charge in [-0.25, -0.2) is 4.79 Å². The molecule has 0 fully saturated rings. The summed E-state index contributed by atoms with van der Waals surface area (Å²) >= 11 is 0.738. The van der Waals surface area contributed by atoms with Crippen LogP contribution in [0, 0.1) is 17.0 Å². The monoisotopic (exact) mass is 510 g/mol. The summed E-state index contributed by atoms with van der Waals surface area (Å²) in [5.41, 5.74) is 2.08. The van der Waals surface area contributed by atoms with Crippen molar-refractivity contribution in [1.82, 2.24) is 0 Å². The quantitative estimate of drug-likeness (QED) is 0.126. The van der Waals surface area contributed by atoms with Crippen LogP contribution in [0.3, 0.4) is 0 Å². The van der Waals surface area contributed by atoms with Crippen molar-refractivity contribution in [3.05, 3.63) is 45.5 Å². The third-order valence-electron chi connectivity index (χ3n) is 5.00. The highest BCUT2D eigenvalue weighted by Gasteiger charge is 2.23. The molecule has 1 aromatic heterocycles. The minimum absolute atomic E-state index is 0.0128. The summed E-state index contributed by atoms with van der Waals surface area (Å²) in [6.45, 7) is 4.52. The first kappa shape index (κ1) is 28.3. The second-order valence-corrected chi connectivity index (χ2v) is 8.41. The highest BCUT2D eigenvalue weighted by atomic mass is 32.1. The molecule has 192 valence electrons. The van der Waals surface area contributed by atoms with Gasteiger partial charge in [-0.05, 0) is 48.9 Å². The number of azo groups is 1. The zero-order chi connectivity index (χ0) is 26.0. The number of ether oxygens (including phenoxy) is 3. The summed E-state index contributed by atoms with van der Waals surface area (Å²) in [5.74, 6) is -0.704. The molecule has 35 heavy (non-hydrogen) atoms. The van der Waals surface area contributed by atoms with Crippen LogP contribution in [0.25, 0.3) is 0 Å². The molecule has 0 saturated heterocycles. The Morgan fingerprint density at radius 1 is 1.14 bits per heavy atom. The Bertz CT molecular complexity index is 1010. The number of hydrogen-bond donors (Lipinski definition) is 2. The third kappa shape index (κ3) is 8.33. The molecule has 2 rings (SSSR count). The molecule has 2 unspecified atom stereocenters. The second kappa shape index (κ2) is 13.8. The van der Waals surface area contributed by atoms with Gasteiger partial charge in [0.05, 0.1) is 17.2 Å². The van der Waals surface area contributed by atoms with Crippen LogP contribution >= 0.6 is 11.3 Å². The normalized spacial score (nSPS) is 13.1. The number of methoxy groups -OCH3 is 2. The van der Waals surface area contributed by atoms with Crippen LogP contribution in [-0.4, -0.2) is 67.6 Å². The number of carbonyl (C=O) groups is 1. The Morgan fingerprint density at radius 3 is 2.29 bits per heavy atom. The van der Waals surface area contributed by atoms with Crippen LogP contribution in [0.15, 0.2) is 34.5 Å². The van der Waals surface area contributed by atoms with Crippen molar-refractivity contribution >= 4 is 38.7 Å².